The number of aliphatic hydroxyl groups is 1. The fourth-order valence-corrected chi connectivity index (χ4v) is 2.10. The van der Waals surface area contributed by atoms with E-state index in [-0.39, 0.29) is 18.1 Å². The molecule has 15 heavy (non-hydrogen) atoms. The molecule has 0 aliphatic carbocycles. The topological polar surface area (TPSA) is 57.6 Å². The van der Waals surface area contributed by atoms with E-state index in [1.807, 2.05) is 11.9 Å². The predicted molar refractivity (Wildman–Crippen MR) is 62.8 cm³/mol. The van der Waals surface area contributed by atoms with Crippen molar-refractivity contribution in [3.63, 3.8) is 0 Å². The molecule has 5 heteroatoms. The SMILES string of the molecule is CCS(=O)(=O)CCN(C)CCCCCO. The molecule has 0 atom stereocenters. The molecular formula is C10H23NO3S. The normalized spacial score (nSPS) is 12.3. The van der Waals surface area contributed by atoms with Crippen molar-refractivity contribution in [3.05, 3.63) is 0 Å². The molecule has 0 aliphatic rings. The van der Waals surface area contributed by atoms with Gasteiger partial charge in [-0.1, -0.05) is 6.92 Å². The maximum absolute atomic E-state index is 11.2. The lowest BCUT2D eigenvalue weighted by Gasteiger charge is -2.15. The predicted octanol–water partition coefficient (Wildman–Crippen LogP) is 0.515. The molecule has 0 fully saturated rings. The Labute approximate surface area is 93.2 Å². The Hall–Kier alpha value is -0.130. The van der Waals surface area contributed by atoms with Crippen molar-refractivity contribution in [3.8, 4) is 0 Å². The number of nitrogens with zero attached hydrogens (tertiary/aromatic N) is 1. The van der Waals surface area contributed by atoms with Gasteiger partial charge in [0.1, 0.15) is 0 Å². The van der Waals surface area contributed by atoms with Gasteiger partial charge in [0.25, 0.3) is 0 Å². The molecule has 0 spiro atoms. The minimum absolute atomic E-state index is 0.228. The van der Waals surface area contributed by atoms with Crippen LogP contribution in [0.2, 0.25) is 0 Å². The Morgan fingerprint density at radius 3 is 2.33 bits per heavy atom. The molecule has 92 valence electrons. The molecule has 0 rings (SSSR count). The minimum atomic E-state index is -2.83. The Morgan fingerprint density at radius 1 is 1.13 bits per heavy atom. The van der Waals surface area contributed by atoms with Crippen LogP contribution in [0.1, 0.15) is 26.2 Å². The summed E-state index contributed by atoms with van der Waals surface area (Å²) in [6, 6.07) is 0. The van der Waals surface area contributed by atoms with Gasteiger partial charge >= 0.3 is 0 Å². The average molecular weight is 237 g/mol. The summed E-state index contributed by atoms with van der Waals surface area (Å²) in [6.45, 7) is 3.43. The summed E-state index contributed by atoms with van der Waals surface area (Å²) in [4.78, 5) is 2.03. The molecule has 0 amide bonds. The number of sulfone groups is 1. The Kier molecular flexibility index (Phi) is 8.00. The summed E-state index contributed by atoms with van der Waals surface area (Å²) >= 11 is 0. The van der Waals surface area contributed by atoms with Gasteiger partial charge in [0.15, 0.2) is 9.84 Å². The average Bonchev–Trinajstić information content (AvgIpc) is 2.22. The summed E-state index contributed by atoms with van der Waals surface area (Å²) in [5.74, 6) is 0.478. The number of rotatable bonds is 9. The number of aliphatic hydroxyl groups excluding tert-OH is 1. The largest absolute Gasteiger partial charge is 0.396 e. The standard InChI is InChI=1S/C10H23NO3S/c1-3-15(13,14)10-8-11(2)7-5-4-6-9-12/h12H,3-10H2,1-2H3. The molecule has 0 unspecified atom stereocenters. The zero-order valence-corrected chi connectivity index (χ0v) is 10.6. The van der Waals surface area contributed by atoms with Crippen LogP contribution in [0.4, 0.5) is 0 Å². The first-order valence-corrected chi connectivity index (χ1v) is 7.34. The molecule has 0 aromatic rings. The van der Waals surface area contributed by atoms with E-state index in [1.54, 1.807) is 6.92 Å². The Balaban J connectivity index is 3.53. The van der Waals surface area contributed by atoms with Gasteiger partial charge in [-0.3, -0.25) is 0 Å². The highest BCUT2D eigenvalue weighted by molar-refractivity contribution is 7.91. The fraction of sp³-hybridized carbons (Fsp3) is 1.00. The monoisotopic (exact) mass is 237 g/mol. The quantitative estimate of drug-likeness (QED) is 0.594. The zero-order chi connectivity index (χ0) is 11.7. The molecule has 0 aromatic carbocycles. The first-order valence-electron chi connectivity index (χ1n) is 5.51. The summed E-state index contributed by atoms with van der Waals surface area (Å²) in [5.41, 5.74) is 0. The second-order valence-corrected chi connectivity index (χ2v) is 6.30. The van der Waals surface area contributed by atoms with E-state index in [4.69, 9.17) is 5.11 Å². The number of hydrogen-bond donors (Lipinski definition) is 1. The van der Waals surface area contributed by atoms with E-state index < -0.39 is 9.84 Å². The van der Waals surface area contributed by atoms with Gasteiger partial charge in [0.05, 0.1) is 5.75 Å². The lowest BCUT2D eigenvalue weighted by molar-refractivity contribution is 0.275. The molecule has 4 nitrogen and oxygen atoms in total. The van der Waals surface area contributed by atoms with Crippen LogP contribution in [-0.4, -0.2) is 56.7 Å². The van der Waals surface area contributed by atoms with E-state index in [9.17, 15) is 8.42 Å². The zero-order valence-electron chi connectivity index (χ0n) is 9.78. The van der Waals surface area contributed by atoms with Crippen LogP contribution in [0.5, 0.6) is 0 Å². The van der Waals surface area contributed by atoms with Gasteiger partial charge in [-0.15, -0.1) is 0 Å². The van der Waals surface area contributed by atoms with Crippen LogP contribution in [0.25, 0.3) is 0 Å². The van der Waals surface area contributed by atoms with Crippen molar-refractivity contribution in [1.82, 2.24) is 4.90 Å². The Morgan fingerprint density at radius 2 is 1.80 bits per heavy atom. The van der Waals surface area contributed by atoms with E-state index in [2.05, 4.69) is 0 Å². The summed E-state index contributed by atoms with van der Waals surface area (Å²) in [5, 5.41) is 8.58. The second kappa shape index (κ2) is 8.07. The number of hydrogen-bond acceptors (Lipinski definition) is 4. The van der Waals surface area contributed by atoms with Crippen molar-refractivity contribution >= 4 is 9.84 Å². The molecule has 0 saturated carbocycles. The lowest BCUT2D eigenvalue weighted by atomic mass is 10.2. The highest BCUT2D eigenvalue weighted by Crippen LogP contribution is 1.98. The van der Waals surface area contributed by atoms with Gasteiger partial charge in [-0.25, -0.2) is 8.42 Å². The Bertz CT molecular complexity index is 239. The van der Waals surface area contributed by atoms with Crippen LogP contribution >= 0.6 is 0 Å². The molecule has 0 heterocycles. The fourth-order valence-electron chi connectivity index (χ4n) is 1.22. The first-order chi connectivity index (χ1) is 7.02. The smallest absolute Gasteiger partial charge is 0.151 e. The summed E-state index contributed by atoms with van der Waals surface area (Å²) in [6.07, 6.45) is 2.85. The van der Waals surface area contributed by atoms with E-state index in [1.165, 1.54) is 0 Å². The summed E-state index contributed by atoms with van der Waals surface area (Å²) in [7, 11) is -0.897. The second-order valence-electron chi connectivity index (χ2n) is 3.82. The maximum atomic E-state index is 11.2. The molecule has 0 saturated heterocycles. The van der Waals surface area contributed by atoms with Crippen molar-refractivity contribution in [1.29, 1.82) is 0 Å². The number of unbranched alkanes of at least 4 members (excludes halogenated alkanes) is 2. The minimum Gasteiger partial charge on any atom is -0.396 e. The molecule has 0 aliphatic heterocycles. The summed E-state index contributed by atoms with van der Waals surface area (Å²) < 4.78 is 22.4. The van der Waals surface area contributed by atoms with Crippen LogP contribution in [0, 0.1) is 0 Å². The van der Waals surface area contributed by atoms with Crippen LogP contribution < -0.4 is 0 Å². The van der Waals surface area contributed by atoms with E-state index in [0.29, 0.717) is 6.54 Å². The van der Waals surface area contributed by atoms with Crippen LogP contribution in [0.3, 0.4) is 0 Å². The molecule has 0 bridgehead atoms. The van der Waals surface area contributed by atoms with Gasteiger partial charge in [-0.2, -0.15) is 0 Å². The third-order valence-electron chi connectivity index (χ3n) is 2.42. The van der Waals surface area contributed by atoms with E-state index in [0.717, 1.165) is 25.8 Å². The highest BCUT2D eigenvalue weighted by Gasteiger charge is 2.08. The molecule has 0 aromatic heterocycles. The molecule has 1 N–H and O–H groups in total. The molecular weight excluding hydrogens is 214 g/mol. The first kappa shape index (κ1) is 14.9. The van der Waals surface area contributed by atoms with Crippen molar-refractivity contribution < 1.29 is 13.5 Å². The van der Waals surface area contributed by atoms with Crippen LogP contribution in [-0.2, 0) is 9.84 Å². The third-order valence-corrected chi connectivity index (χ3v) is 4.11. The van der Waals surface area contributed by atoms with Crippen LogP contribution in [0.15, 0.2) is 0 Å². The van der Waals surface area contributed by atoms with E-state index >= 15 is 0 Å². The van der Waals surface area contributed by atoms with Crippen molar-refractivity contribution in [2.75, 3.05) is 38.2 Å². The van der Waals surface area contributed by atoms with Crippen molar-refractivity contribution in [2.45, 2.75) is 26.2 Å². The lowest BCUT2D eigenvalue weighted by Crippen LogP contribution is -2.27. The van der Waals surface area contributed by atoms with Gasteiger partial charge < -0.3 is 10.0 Å². The van der Waals surface area contributed by atoms with Gasteiger partial charge in [0, 0.05) is 18.9 Å². The van der Waals surface area contributed by atoms with Gasteiger partial charge in [-0.05, 0) is 32.9 Å². The van der Waals surface area contributed by atoms with Crippen molar-refractivity contribution in [2.24, 2.45) is 0 Å². The maximum Gasteiger partial charge on any atom is 0.151 e. The molecule has 0 radical (unpaired) electrons. The highest BCUT2D eigenvalue weighted by atomic mass is 32.2. The third kappa shape index (κ3) is 8.84. The van der Waals surface area contributed by atoms with Gasteiger partial charge in [0.2, 0.25) is 0 Å².